The Hall–Kier alpha value is -3.39. The average Bonchev–Trinajstić information content (AvgIpc) is 3.11. The number of amides is 1. The number of nitro benzene ring substituents is 1. The molecular formula is C20H19N3O5. The van der Waals surface area contributed by atoms with E-state index in [1.54, 1.807) is 18.2 Å². The molecule has 0 aliphatic carbocycles. The van der Waals surface area contributed by atoms with Gasteiger partial charge in [-0.05, 0) is 23.8 Å². The standard InChI is InChI=1S/C20H19N3O5/c24-20(25)22-9-7-21(8-10-22)13-14-5-6-15-12-19(28-18(15)11-14)16-3-1-2-4-17(16)23(26)27/h1-6,11-12H,7-10,13H2,(H,24,25). The van der Waals surface area contributed by atoms with Crippen LogP contribution in [0.3, 0.4) is 0 Å². The van der Waals surface area contributed by atoms with Crippen LogP contribution in [0.5, 0.6) is 0 Å². The summed E-state index contributed by atoms with van der Waals surface area (Å²) in [6.07, 6.45) is -0.876. The van der Waals surface area contributed by atoms with Crippen molar-refractivity contribution in [3.05, 3.63) is 64.2 Å². The molecule has 1 fully saturated rings. The predicted octanol–water partition coefficient (Wildman–Crippen LogP) is 3.80. The lowest BCUT2D eigenvalue weighted by molar-refractivity contribution is -0.384. The molecule has 2 aromatic carbocycles. The normalized spacial score (nSPS) is 15.1. The summed E-state index contributed by atoms with van der Waals surface area (Å²) in [5.74, 6) is 0.467. The minimum Gasteiger partial charge on any atom is -0.465 e. The van der Waals surface area contributed by atoms with Crippen LogP contribution < -0.4 is 0 Å². The molecule has 1 N–H and O–H groups in total. The van der Waals surface area contributed by atoms with Gasteiger partial charge in [0.15, 0.2) is 0 Å². The van der Waals surface area contributed by atoms with E-state index in [9.17, 15) is 14.9 Å². The Bertz CT molecular complexity index is 1040. The maximum atomic E-state index is 11.3. The summed E-state index contributed by atoms with van der Waals surface area (Å²) in [6.45, 7) is 3.07. The van der Waals surface area contributed by atoms with E-state index >= 15 is 0 Å². The number of hydrogen-bond donors (Lipinski definition) is 1. The first-order chi connectivity index (χ1) is 13.5. The molecule has 0 radical (unpaired) electrons. The van der Waals surface area contributed by atoms with Gasteiger partial charge in [-0.2, -0.15) is 0 Å². The molecule has 0 unspecified atom stereocenters. The summed E-state index contributed by atoms with van der Waals surface area (Å²) in [6, 6.07) is 14.2. The minimum absolute atomic E-state index is 0.0121. The van der Waals surface area contributed by atoms with E-state index in [2.05, 4.69) is 4.90 Å². The number of furan rings is 1. The van der Waals surface area contributed by atoms with Gasteiger partial charge in [0, 0.05) is 44.2 Å². The van der Waals surface area contributed by atoms with Crippen molar-refractivity contribution in [3.8, 4) is 11.3 Å². The zero-order valence-electron chi connectivity index (χ0n) is 15.1. The second-order valence-corrected chi connectivity index (χ2v) is 6.80. The SMILES string of the molecule is O=C(O)N1CCN(Cc2ccc3cc(-c4ccccc4[N+](=O)[O-])oc3c2)CC1. The van der Waals surface area contributed by atoms with E-state index in [1.807, 2.05) is 24.3 Å². The largest absolute Gasteiger partial charge is 0.465 e. The number of benzene rings is 2. The van der Waals surface area contributed by atoms with Crippen LogP contribution in [0.25, 0.3) is 22.3 Å². The number of nitro groups is 1. The molecule has 0 saturated carbocycles. The van der Waals surface area contributed by atoms with Gasteiger partial charge in [-0.1, -0.05) is 24.3 Å². The van der Waals surface area contributed by atoms with Crippen LogP contribution in [0.1, 0.15) is 5.56 Å². The zero-order chi connectivity index (χ0) is 19.7. The first-order valence-electron chi connectivity index (χ1n) is 8.98. The summed E-state index contributed by atoms with van der Waals surface area (Å²) >= 11 is 0. The highest BCUT2D eigenvalue weighted by atomic mass is 16.6. The molecule has 0 atom stereocenters. The molecule has 1 saturated heterocycles. The first kappa shape index (κ1) is 18.0. The second-order valence-electron chi connectivity index (χ2n) is 6.80. The van der Waals surface area contributed by atoms with Gasteiger partial charge in [-0.25, -0.2) is 4.79 Å². The Morgan fingerprint density at radius 1 is 1.11 bits per heavy atom. The molecule has 1 aliphatic heterocycles. The molecule has 4 rings (SSSR count). The lowest BCUT2D eigenvalue weighted by Gasteiger charge is -2.33. The van der Waals surface area contributed by atoms with Gasteiger partial charge in [0.05, 0.1) is 10.5 Å². The fourth-order valence-corrected chi connectivity index (χ4v) is 3.50. The number of para-hydroxylation sites is 1. The molecule has 0 spiro atoms. The van der Waals surface area contributed by atoms with E-state index in [0.29, 0.717) is 49.6 Å². The van der Waals surface area contributed by atoms with Crippen LogP contribution in [0, 0.1) is 10.1 Å². The Morgan fingerprint density at radius 2 is 1.86 bits per heavy atom. The Morgan fingerprint density at radius 3 is 2.57 bits per heavy atom. The summed E-state index contributed by atoms with van der Waals surface area (Å²) < 4.78 is 5.91. The van der Waals surface area contributed by atoms with E-state index in [4.69, 9.17) is 9.52 Å². The van der Waals surface area contributed by atoms with Gasteiger partial charge in [0.1, 0.15) is 11.3 Å². The molecule has 1 amide bonds. The molecule has 2 heterocycles. The average molecular weight is 381 g/mol. The molecule has 8 heteroatoms. The fourth-order valence-electron chi connectivity index (χ4n) is 3.50. The van der Waals surface area contributed by atoms with Gasteiger partial charge < -0.3 is 14.4 Å². The summed E-state index contributed by atoms with van der Waals surface area (Å²) in [7, 11) is 0. The molecule has 28 heavy (non-hydrogen) atoms. The highest BCUT2D eigenvalue weighted by Gasteiger charge is 2.21. The first-order valence-corrected chi connectivity index (χ1v) is 8.98. The maximum Gasteiger partial charge on any atom is 0.407 e. The van der Waals surface area contributed by atoms with Crippen molar-refractivity contribution in [1.29, 1.82) is 0 Å². The Balaban J connectivity index is 1.55. The van der Waals surface area contributed by atoms with Crippen LogP contribution >= 0.6 is 0 Å². The van der Waals surface area contributed by atoms with Gasteiger partial charge in [0.25, 0.3) is 5.69 Å². The molecule has 1 aliphatic rings. The van der Waals surface area contributed by atoms with Crippen molar-refractivity contribution >= 4 is 22.7 Å². The van der Waals surface area contributed by atoms with E-state index < -0.39 is 11.0 Å². The lowest BCUT2D eigenvalue weighted by atomic mass is 10.1. The van der Waals surface area contributed by atoms with Crippen molar-refractivity contribution < 1.29 is 19.2 Å². The smallest absolute Gasteiger partial charge is 0.407 e. The van der Waals surface area contributed by atoms with Crippen LogP contribution in [0.4, 0.5) is 10.5 Å². The number of carboxylic acid groups (broad SMARTS) is 1. The maximum absolute atomic E-state index is 11.3. The van der Waals surface area contributed by atoms with Crippen LogP contribution in [0.2, 0.25) is 0 Å². The number of hydrogen-bond acceptors (Lipinski definition) is 5. The van der Waals surface area contributed by atoms with Crippen molar-refractivity contribution in [2.45, 2.75) is 6.54 Å². The van der Waals surface area contributed by atoms with Crippen LogP contribution in [-0.2, 0) is 6.54 Å². The molecular weight excluding hydrogens is 362 g/mol. The monoisotopic (exact) mass is 381 g/mol. The van der Waals surface area contributed by atoms with Gasteiger partial charge in [-0.3, -0.25) is 15.0 Å². The van der Waals surface area contributed by atoms with E-state index in [-0.39, 0.29) is 5.69 Å². The summed E-state index contributed by atoms with van der Waals surface area (Å²) in [5, 5.41) is 21.2. The number of piperazine rings is 1. The molecule has 3 aromatic rings. The van der Waals surface area contributed by atoms with Crippen molar-refractivity contribution in [2.24, 2.45) is 0 Å². The zero-order valence-corrected chi connectivity index (χ0v) is 15.1. The third-order valence-electron chi connectivity index (χ3n) is 5.00. The van der Waals surface area contributed by atoms with Crippen molar-refractivity contribution in [3.63, 3.8) is 0 Å². The minimum atomic E-state index is -0.876. The van der Waals surface area contributed by atoms with Crippen LogP contribution in [-0.4, -0.2) is 52.1 Å². The molecule has 1 aromatic heterocycles. The molecule has 8 nitrogen and oxygen atoms in total. The number of nitrogens with zero attached hydrogens (tertiary/aromatic N) is 3. The highest BCUT2D eigenvalue weighted by molar-refractivity contribution is 5.85. The highest BCUT2D eigenvalue weighted by Crippen LogP contribution is 2.34. The second kappa shape index (κ2) is 7.32. The van der Waals surface area contributed by atoms with Crippen molar-refractivity contribution in [2.75, 3.05) is 26.2 Å². The third kappa shape index (κ3) is 3.54. The molecule has 0 bridgehead atoms. The third-order valence-corrected chi connectivity index (χ3v) is 5.00. The van der Waals surface area contributed by atoms with Gasteiger partial charge in [0.2, 0.25) is 0 Å². The van der Waals surface area contributed by atoms with E-state index in [1.165, 1.54) is 11.0 Å². The number of fused-ring (bicyclic) bond motifs is 1. The molecule has 144 valence electrons. The number of carbonyl (C=O) groups is 1. The fraction of sp³-hybridized carbons (Fsp3) is 0.250. The lowest BCUT2D eigenvalue weighted by Crippen LogP contribution is -2.47. The topological polar surface area (TPSA) is 100 Å². The van der Waals surface area contributed by atoms with E-state index in [0.717, 1.165) is 10.9 Å². The van der Waals surface area contributed by atoms with Gasteiger partial charge in [-0.15, -0.1) is 0 Å². The number of rotatable bonds is 4. The Kier molecular flexibility index (Phi) is 4.70. The summed E-state index contributed by atoms with van der Waals surface area (Å²) in [4.78, 5) is 25.5. The van der Waals surface area contributed by atoms with Crippen LogP contribution in [0.15, 0.2) is 52.9 Å². The van der Waals surface area contributed by atoms with Crippen molar-refractivity contribution in [1.82, 2.24) is 9.80 Å². The predicted molar refractivity (Wildman–Crippen MR) is 103 cm³/mol. The quantitative estimate of drug-likeness (QED) is 0.545. The summed E-state index contributed by atoms with van der Waals surface area (Å²) in [5.41, 5.74) is 2.20. The Labute approximate surface area is 160 Å². The van der Waals surface area contributed by atoms with Gasteiger partial charge >= 0.3 is 6.09 Å².